The summed E-state index contributed by atoms with van der Waals surface area (Å²) in [6.07, 6.45) is 1.39. The Labute approximate surface area is 179 Å². The molecule has 1 N–H and O–H groups in total. The van der Waals surface area contributed by atoms with Gasteiger partial charge in [-0.2, -0.15) is 13.1 Å². The zero-order chi connectivity index (χ0) is 19.9. The first-order valence-electron chi connectivity index (χ1n) is 9.33. The summed E-state index contributed by atoms with van der Waals surface area (Å²) < 4.78 is 44.6. The van der Waals surface area contributed by atoms with Crippen molar-refractivity contribution in [1.29, 1.82) is 0 Å². The van der Waals surface area contributed by atoms with Gasteiger partial charge in [0, 0.05) is 29.2 Å². The Hall–Kier alpha value is -1.23. The Bertz CT molecular complexity index is 987. The molecular formula is C20H23FIN3O2S. The highest BCUT2D eigenvalue weighted by Gasteiger charge is 2.52. The summed E-state index contributed by atoms with van der Waals surface area (Å²) in [5, 5.41) is 0. The van der Waals surface area contributed by atoms with Crippen LogP contribution in [0.25, 0.3) is 0 Å². The number of hydrogen-bond donors (Lipinski definition) is 1. The van der Waals surface area contributed by atoms with E-state index < -0.39 is 21.6 Å². The van der Waals surface area contributed by atoms with Crippen molar-refractivity contribution in [2.75, 3.05) is 17.4 Å². The van der Waals surface area contributed by atoms with Crippen molar-refractivity contribution in [3.05, 3.63) is 63.5 Å². The summed E-state index contributed by atoms with van der Waals surface area (Å²) in [6, 6.07) is 14.5. The molecule has 2 aliphatic heterocycles. The first-order chi connectivity index (χ1) is 13.3. The highest BCUT2D eigenvalue weighted by atomic mass is 127. The van der Waals surface area contributed by atoms with E-state index >= 15 is 0 Å². The van der Waals surface area contributed by atoms with E-state index in [1.165, 1.54) is 25.6 Å². The lowest BCUT2D eigenvalue weighted by molar-refractivity contribution is 0.106. The molecule has 4 rings (SSSR count). The van der Waals surface area contributed by atoms with E-state index in [2.05, 4.69) is 63.4 Å². The standard InChI is InChI=1S/C20H23FIN3O2S/c1-15-12-20(8-9-24(15)13-16-4-2-6-18(22)10-16)14-23-28(26,27)25(20)19-7-3-5-17(21)11-19/h2-7,10-11,15,23H,8-9,12-14H2,1H3/t15-,20+/m0/s1. The molecule has 2 heterocycles. The molecule has 2 atom stereocenters. The van der Waals surface area contributed by atoms with E-state index in [1.54, 1.807) is 12.1 Å². The average Bonchev–Trinajstić information content (AvgIpc) is 2.88. The molecule has 2 aliphatic rings. The van der Waals surface area contributed by atoms with Crippen molar-refractivity contribution in [3.63, 3.8) is 0 Å². The van der Waals surface area contributed by atoms with Gasteiger partial charge in [-0.15, -0.1) is 0 Å². The van der Waals surface area contributed by atoms with Crippen LogP contribution in [0.15, 0.2) is 48.5 Å². The van der Waals surface area contributed by atoms with Gasteiger partial charge in [0.25, 0.3) is 0 Å². The van der Waals surface area contributed by atoms with Gasteiger partial charge in [-0.3, -0.25) is 9.21 Å². The van der Waals surface area contributed by atoms with Crippen molar-refractivity contribution >= 4 is 38.5 Å². The lowest BCUT2D eigenvalue weighted by Gasteiger charge is -2.47. The van der Waals surface area contributed by atoms with Crippen LogP contribution in [-0.2, 0) is 16.8 Å². The molecule has 0 saturated carbocycles. The molecule has 8 heteroatoms. The second kappa shape index (κ2) is 7.55. The van der Waals surface area contributed by atoms with Crippen LogP contribution in [0.3, 0.4) is 0 Å². The Balaban J connectivity index is 1.59. The first-order valence-corrected chi connectivity index (χ1v) is 11.9. The fourth-order valence-electron chi connectivity index (χ4n) is 4.43. The third-order valence-corrected chi connectivity index (χ3v) is 7.99. The molecule has 2 saturated heterocycles. The number of benzene rings is 2. The van der Waals surface area contributed by atoms with Crippen LogP contribution in [0, 0.1) is 9.39 Å². The average molecular weight is 515 g/mol. The van der Waals surface area contributed by atoms with Crippen LogP contribution < -0.4 is 9.03 Å². The third kappa shape index (κ3) is 3.79. The predicted molar refractivity (Wildman–Crippen MR) is 117 cm³/mol. The first kappa shape index (κ1) is 20.1. The largest absolute Gasteiger partial charge is 0.302 e. The van der Waals surface area contributed by atoms with Crippen molar-refractivity contribution in [2.24, 2.45) is 0 Å². The summed E-state index contributed by atoms with van der Waals surface area (Å²) in [4.78, 5) is 2.39. The maximum absolute atomic E-state index is 13.8. The van der Waals surface area contributed by atoms with E-state index in [-0.39, 0.29) is 6.04 Å². The van der Waals surface area contributed by atoms with Gasteiger partial charge < -0.3 is 0 Å². The molecule has 0 aliphatic carbocycles. The molecule has 2 fully saturated rings. The number of piperidine rings is 1. The number of hydrogen-bond acceptors (Lipinski definition) is 3. The molecule has 5 nitrogen and oxygen atoms in total. The minimum absolute atomic E-state index is 0.206. The number of rotatable bonds is 3. The number of likely N-dealkylation sites (tertiary alicyclic amines) is 1. The molecule has 2 aromatic rings. The van der Waals surface area contributed by atoms with Gasteiger partial charge in [0.15, 0.2) is 0 Å². The maximum atomic E-state index is 13.8. The van der Waals surface area contributed by atoms with Gasteiger partial charge in [0.05, 0.1) is 11.2 Å². The van der Waals surface area contributed by atoms with Gasteiger partial charge in [-0.25, -0.2) is 4.39 Å². The molecule has 150 valence electrons. The van der Waals surface area contributed by atoms with Gasteiger partial charge in [-0.05, 0) is 78.3 Å². The third-order valence-electron chi connectivity index (χ3n) is 5.74. The summed E-state index contributed by atoms with van der Waals surface area (Å²) in [6.45, 7) is 4.13. The van der Waals surface area contributed by atoms with Crippen molar-refractivity contribution in [3.8, 4) is 0 Å². The van der Waals surface area contributed by atoms with Crippen LogP contribution in [-0.4, -0.2) is 38.0 Å². The number of nitrogens with one attached hydrogen (secondary N) is 1. The molecule has 0 bridgehead atoms. The quantitative estimate of drug-likeness (QED) is 0.637. The molecule has 1 spiro atoms. The lowest BCUT2D eigenvalue weighted by atomic mass is 9.83. The fourth-order valence-corrected chi connectivity index (χ4v) is 6.75. The Morgan fingerprint density at radius 2 is 2.04 bits per heavy atom. The zero-order valence-electron chi connectivity index (χ0n) is 15.6. The summed E-state index contributed by atoms with van der Waals surface area (Å²) in [7, 11) is -3.67. The predicted octanol–water partition coefficient (Wildman–Crippen LogP) is 3.51. The highest BCUT2D eigenvalue weighted by Crippen LogP contribution is 2.41. The molecule has 28 heavy (non-hydrogen) atoms. The van der Waals surface area contributed by atoms with E-state index in [9.17, 15) is 12.8 Å². The number of anilines is 1. The second-order valence-corrected chi connectivity index (χ2v) is 10.5. The van der Waals surface area contributed by atoms with Crippen molar-refractivity contribution in [1.82, 2.24) is 9.62 Å². The normalized spacial score (nSPS) is 27.4. The van der Waals surface area contributed by atoms with E-state index in [4.69, 9.17) is 0 Å². The van der Waals surface area contributed by atoms with E-state index in [0.717, 1.165) is 13.1 Å². The Morgan fingerprint density at radius 1 is 1.25 bits per heavy atom. The van der Waals surface area contributed by atoms with Gasteiger partial charge in [0.2, 0.25) is 0 Å². The van der Waals surface area contributed by atoms with Crippen LogP contribution in [0.1, 0.15) is 25.3 Å². The Kier molecular flexibility index (Phi) is 5.41. The van der Waals surface area contributed by atoms with Gasteiger partial charge >= 0.3 is 10.2 Å². The maximum Gasteiger partial charge on any atom is 0.302 e. The van der Waals surface area contributed by atoms with Crippen LogP contribution >= 0.6 is 22.6 Å². The van der Waals surface area contributed by atoms with Crippen LogP contribution in [0.4, 0.5) is 10.1 Å². The SMILES string of the molecule is C[C@H]1C[C@]2(CCN1Cc1cccc(I)c1)CNS(=O)(=O)N2c1cccc(F)c1. The summed E-state index contributed by atoms with van der Waals surface area (Å²) in [5.41, 5.74) is 1.09. The highest BCUT2D eigenvalue weighted by molar-refractivity contribution is 14.1. The zero-order valence-corrected chi connectivity index (χ0v) is 18.6. The Morgan fingerprint density at radius 3 is 2.75 bits per heavy atom. The van der Waals surface area contributed by atoms with Crippen LogP contribution in [0.2, 0.25) is 0 Å². The number of nitrogens with zero attached hydrogens (tertiary/aromatic N) is 2. The monoisotopic (exact) mass is 515 g/mol. The van der Waals surface area contributed by atoms with E-state index in [0.29, 0.717) is 25.1 Å². The second-order valence-electron chi connectivity index (χ2n) is 7.70. The fraction of sp³-hybridized carbons (Fsp3) is 0.400. The minimum Gasteiger partial charge on any atom is -0.296 e. The molecule has 0 aromatic heterocycles. The molecule has 0 amide bonds. The van der Waals surface area contributed by atoms with Gasteiger partial charge in [0.1, 0.15) is 5.82 Å². The molecule has 0 unspecified atom stereocenters. The minimum atomic E-state index is -3.67. The summed E-state index contributed by atoms with van der Waals surface area (Å²) >= 11 is 2.32. The molecule has 0 radical (unpaired) electrons. The molecule has 2 aromatic carbocycles. The summed E-state index contributed by atoms with van der Waals surface area (Å²) in [5.74, 6) is -0.432. The lowest BCUT2D eigenvalue weighted by Crippen LogP contribution is -2.57. The number of halogens is 2. The van der Waals surface area contributed by atoms with Crippen molar-refractivity contribution in [2.45, 2.75) is 37.9 Å². The van der Waals surface area contributed by atoms with Gasteiger partial charge in [-0.1, -0.05) is 18.2 Å². The smallest absolute Gasteiger partial charge is 0.296 e. The van der Waals surface area contributed by atoms with Crippen molar-refractivity contribution < 1.29 is 12.8 Å². The van der Waals surface area contributed by atoms with E-state index in [1.807, 2.05) is 0 Å². The molecular weight excluding hydrogens is 492 g/mol. The van der Waals surface area contributed by atoms with Crippen LogP contribution in [0.5, 0.6) is 0 Å². The topological polar surface area (TPSA) is 52.7 Å².